The number of hydrogen-bond donors (Lipinski definition) is 1. The molecule has 5 nitrogen and oxygen atoms in total. The number of carbonyl (C=O) groups is 2. The van der Waals surface area contributed by atoms with Crippen LogP contribution < -0.4 is 5.73 Å². The van der Waals surface area contributed by atoms with Crippen molar-refractivity contribution in [3.63, 3.8) is 0 Å². The molecule has 0 saturated carbocycles. The van der Waals surface area contributed by atoms with E-state index < -0.39 is 5.82 Å². The van der Waals surface area contributed by atoms with Gasteiger partial charge in [-0.15, -0.1) is 0 Å². The van der Waals surface area contributed by atoms with Crippen molar-refractivity contribution >= 4 is 46.6 Å². The van der Waals surface area contributed by atoms with Gasteiger partial charge in [0.05, 0.1) is 15.6 Å². The molecule has 0 radical (unpaired) electrons. The summed E-state index contributed by atoms with van der Waals surface area (Å²) in [5.41, 5.74) is 7.58. The van der Waals surface area contributed by atoms with Crippen molar-refractivity contribution in [3.05, 3.63) is 67.9 Å². The number of primary amides is 1. The second-order valence-electron chi connectivity index (χ2n) is 8.63. The van der Waals surface area contributed by atoms with Gasteiger partial charge in [0, 0.05) is 43.7 Å². The molecule has 4 rings (SSSR count). The lowest BCUT2D eigenvalue weighted by Gasteiger charge is -2.29. The Kier molecular flexibility index (Phi) is 6.68. The van der Waals surface area contributed by atoms with Crippen molar-refractivity contribution in [2.45, 2.75) is 19.4 Å². The number of amides is 2. The monoisotopic (exact) mass is 497 g/mol. The van der Waals surface area contributed by atoms with Crippen molar-refractivity contribution in [2.75, 3.05) is 26.2 Å². The van der Waals surface area contributed by atoms with Gasteiger partial charge in [0.15, 0.2) is 0 Å². The number of nitrogens with two attached hydrogens (primary N) is 1. The highest BCUT2D eigenvalue weighted by molar-refractivity contribution is 6.36. The lowest BCUT2D eigenvalue weighted by atomic mass is 10.0. The molecule has 3 unspecified atom stereocenters. The molecule has 2 aliphatic rings. The van der Waals surface area contributed by atoms with Crippen LogP contribution in [0, 0.1) is 24.6 Å². The lowest BCUT2D eigenvalue weighted by molar-refractivity contribution is -0.119. The van der Waals surface area contributed by atoms with Crippen LogP contribution in [0.1, 0.15) is 33.9 Å². The van der Waals surface area contributed by atoms with Gasteiger partial charge in [0.25, 0.3) is 5.91 Å². The van der Waals surface area contributed by atoms with E-state index in [1.807, 2.05) is 25.1 Å². The van der Waals surface area contributed by atoms with E-state index in [9.17, 15) is 14.0 Å². The van der Waals surface area contributed by atoms with Crippen LogP contribution in [-0.4, -0.2) is 47.8 Å². The normalized spacial score (nSPS) is 21.6. The van der Waals surface area contributed by atoms with E-state index in [0.717, 1.165) is 30.3 Å². The molecule has 0 aliphatic carbocycles. The van der Waals surface area contributed by atoms with Crippen LogP contribution >= 0.6 is 34.8 Å². The van der Waals surface area contributed by atoms with Gasteiger partial charge in [-0.1, -0.05) is 46.9 Å². The minimum absolute atomic E-state index is 0.114. The van der Waals surface area contributed by atoms with Crippen molar-refractivity contribution in [3.8, 4) is 0 Å². The van der Waals surface area contributed by atoms with Gasteiger partial charge < -0.3 is 10.6 Å². The summed E-state index contributed by atoms with van der Waals surface area (Å²) in [7, 11) is 0. The Bertz CT molecular complexity index is 1070. The fourth-order valence-corrected chi connectivity index (χ4v) is 5.42. The highest BCUT2D eigenvalue weighted by Crippen LogP contribution is 2.39. The van der Waals surface area contributed by atoms with Crippen LogP contribution in [-0.2, 0) is 4.79 Å². The predicted octanol–water partition coefficient (Wildman–Crippen LogP) is 4.71. The largest absolute Gasteiger partial charge is 0.370 e. The van der Waals surface area contributed by atoms with Crippen LogP contribution in [0.2, 0.25) is 15.1 Å². The minimum Gasteiger partial charge on any atom is -0.370 e. The smallest absolute Gasteiger partial charge is 0.255 e. The SMILES string of the molecule is Cc1ccc(C(CC(N)=O)N2CC3CN(C(=O)c4cc(F)c(Cl)cc4Cl)CC3C2)cc1Cl. The topological polar surface area (TPSA) is 66.6 Å². The number of benzene rings is 2. The zero-order valence-electron chi connectivity index (χ0n) is 17.5. The quantitative estimate of drug-likeness (QED) is 0.607. The molecule has 32 heavy (non-hydrogen) atoms. The third-order valence-corrected chi connectivity index (χ3v) is 7.47. The van der Waals surface area contributed by atoms with Gasteiger partial charge in [0.1, 0.15) is 5.82 Å². The molecule has 0 aromatic heterocycles. The summed E-state index contributed by atoms with van der Waals surface area (Å²) in [6.45, 7) is 4.46. The van der Waals surface area contributed by atoms with Crippen LogP contribution in [0.15, 0.2) is 30.3 Å². The van der Waals surface area contributed by atoms with Gasteiger partial charge in [-0.05, 0) is 48.1 Å². The van der Waals surface area contributed by atoms with E-state index in [0.29, 0.717) is 18.1 Å². The first kappa shape index (κ1) is 23.3. The van der Waals surface area contributed by atoms with Crippen molar-refractivity contribution in [1.29, 1.82) is 0 Å². The van der Waals surface area contributed by atoms with Gasteiger partial charge in [-0.25, -0.2) is 4.39 Å². The highest BCUT2D eigenvalue weighted by atomic mass is 35.5. The molecule has 2 aromatic carbocycles. The van der Waals surface area contributed by atoms with Gasteiger partial charge in [0.2, 0.25) is 5.91 Å². The molecule has 9 heteroatoms. The van der Waals surface area contributed by atoms with Crippen molar-refractivity contribution in [2.24, 2.45) is 17.6 Å². The number of rotatable bonds is 5. The molecular formula is C23H23Cl3FN3O2. The fourth-order valence-electron chi connectivity index (χ4n) is 4.77. The van der Waals surface area contributed by atoms with Gasteiger partial charge >= 0.3 is 0 Å². The molecule has 2 fully saturated rings. The Morgan fingerprint density at radius 2 is 1.69 bits per heavy atom. The first-order valence-corrected chi connectivity index (χ1v) is 11.5. The Hall–Kier alpha value is -1.86. The van der Waals surface area contributed by atoms with Crippen molar-refractivity contribution in [1.82, 2.24) is 9.80 Å². The molecule has 2 aromatic rings. The molecule has 0 bridgehead atoms. The molecule has 3 atom stereocenters. The molecule has 2 N–H and O–H groups in total. The van der Waals surface area contributed by atoms with Crippen LogP contribution in [0.4, 0.5) is 4.39 Å². The third-order valence-electron chi connectivity index (χ3n) is 6.46. The number of nitrogens with zero attached hydrogens (tertiary/aromatic N) is 2. The molecule has 2 amide bonds. The average molecular weight is 499 g/mol. The average Bonchev–Trinajstić information content (AvgIpc) is 3.29. The van der Waals surface area contributed by atoms with E-state index >= 15 is 0 Å². The number of hydrogen-bond acceptors (Lipinski definition) is 3. The second-order valence-corrected chi connectivity index (χ2v) is 9.85. The maximum atomic E-state index is 13.9. The first-order chi connectivity index (χ1) is 15.1. The van der Waals surface area contributed by atoms with E-state index in [1.165, 1.54) is 6.07 Å². The number of halogens is 4. The lowest BCUT2D eigenvalue weighted by Crippen LogP contribution is -2.36. The van der Waals surface area contributed by atoms with E-state index in [-0.39, 0.29) is 51.7 Å². The van der Waals surface area contributed by atoms with Crippen LogP contribution in [0.5, 0.6) is 0 Å². The Morgan fingerprint density at radius 3 is 2.28 bits per heavy atom. The minimum atomic E-state index is -0.670. The number of likely N-dealkylation sites (tertiary alicyclic amines) is 2. The molecular weight excluding hydrogens is 476 g/mol. The second kappa shape index (κ2) is 9.18. The summed E-state index contributed by atoms with van der Waals surface area (Å²) in [5.74, 6) is -0.862. The number of aryl methyl sites for hydroxylation is 1. The molecule has 170 valence electrons. The van der Waals surface area contributed by atoms with E-state index in [1.54, 1.807) is 4.90 Å². The fraction of sp³-hybridized carbons (Fsp3) is 0.391. The summed E-state index contributed by atoms with van der Waals surface area (Å²) in [4.78, 5) is 28.7. The Morgan fingerprint density at radius 1 is 1.03 bits per heavy atom. The summed E-state index contributed by atoms with van der Waals surface area (Å²) >= 11 is 18.2. The summed E-state index contributed by atoms with van der Waals surface area (Å²) in [6.07, 6.45) is 0.196. The van der Waals surface area contributed by atoms with Crippen molar-refractivity contribution < 1.29 is 14.0 Å². The maximum absolute atomic E-state index is 13.9. The van der Waals surface area contributed by atoms with E-state index in [4.69, 9.17) is 40.5 Å². The number of carbonyl (C=O) groups excluding carboxylic acids is 2. The predicted molar refractivity (Wildman–Crippen MR) is 124 cm³/mol. The zero-order chi connectivity index (χ0) is 23.2. The van der Waals surface area contributed by atoms with E-state index in [2.05, 4.69) is 4.90 Å². The molecule has 2 heterocycles. The Balaban J connectivity index is 1.48. The Labute approximate surface area is 201 Å². The molecule has 2 saturated heterocycles. The highest BCUT2D eigenvalue weighted by Gasteiger charge is 2.44. The standard InChI is InChI=1S/C23H23Cl3FN3O2/c1-12-2-3-13(4-17(12)24)21(7-22(28)31)29-8-14-10-30(11-15(14)9-29)23(32)16-5-20(27)19(26)6-18(16)25/h2-6,14-15,21H,7-11H2,1H3,(H2,28,31). The van der Waals surface area contributed by atoms with Crippen LogP contribution in [0.25, 0.3) is 0 Å². The van der Waals surface area contributed by atoms with Crippen LogP contribution in [0.3, 0.4) is 0 Å². The summed E-state index contributed by atoms with van der Waals surface area (Å²) in [6, 6.07) is 8.00. The molecule has 2 aliphatic heterocycles. The third kappa shape index (κ3) is 4.60. The summed E-state index contributed by atoms with van der Waals surface area (Å²) < 4.78 is 13.9. The van der Waals surface area contributed by atoms with Gasteiger partial charge in [-0.3, -0.25) is 14.5 Å². The molecule has 0 spiro atoms. The zero-order valence-corrected chi connectivity index (χ0v) is 19.7. The number of fused-ring (bicyclic) bond motifs is 1. The maximum Gasteiger partial charge on any atom is 0.255 e. The van der Waals surface area contributed by atoms with Gasteiger partial charge in [-0.2, -0.15) is 0 Å². The summed E-state index contributed by atoms with van der Waals surface area (Å²) in [5, 5.41) is 0.676. The first-order valence-electron chi connectivity index (χ1n) is 10.4.